The minimum atomic E-state index is -2.97. The molecule has 0 atom stereocenters. The monoisotopic (exact) mass is 476 g/mol. The van der Waals surface area contributed by atoms with Crippen LogP contribution in [0, 0.1) is 6.92 Å². The quantitative estimate of drug-likeness (QED) is 0.401. The van der Waals surface area contributed by atoms with Crippen LogP contribution >= 0.6 is 0 Å². The third kappa shape index (κ3) is 5.49. The number of aliphatic imine (C=N–C) groups is 1. The van der Waals surface area contributed by atoms with Gasteiger partial charge in [0.05, 0.1) is 29.0 Å². The van der Waals surface area contributed by atoms with E-state index in [1.165, 1.54) is 23.0 Å². The summed E-state index contributed by atoms with van der Waals surface area (Å²) >= 11 is 0. The Morgan fingerprint density at radius 3 is 2.60 bits per heavy atom. The van der Waals surface area contributed by atoms with Crippen LogP contribution in [0.15, 0.2) is 94.6 Å². The van der Waals surface area contributed by atoms with Crippen molar-refractivity contribution in [1.82, 2.24) is 19.6 Å². The SMILES string of the molecule is CC(N)=CC(=Nc1ccccc1)c1nn(-c2ccc(-n3nccc3OC(F)F)cc2C)ccc1=O. The predicted molar refractivity (Wildman–Crippen MR) is 129 cm³/mol. The summed E-state index contributed by atoms with van der Waals surface area (Å²) < 4.78 is 32.7. The highest BCUT2D eigenvalue weighted by Crippen LogP contribution is 2.23. The number of aromatic nitrogens is 4. The molecule has 0 spiro atoms. The first-order chi connectivity index (χ1) is 16.8. The van der Waals surface area contributed by atoms with Gasteiger partial charge in [0.1, 0.15) is 0 Å². The normalized spacial score (nSPS) is 12.3. The second-order valence-electron chi connectivity index (χ2n) is 7.62. The van der Waals surface area contributed by atoms with Crippen molar-refractivity contribution in [3.63, 3.8) is 0 Å². The Balaban J connectivity index is 1.76. The third-order valence-corrected chi connectivity index (χ3v) is 4.91. The second-order valence-corrected chi connectivity index (χ2v) is 7.62. The van der Waals surface area contributed by atoms with Crippen molar-refractivity contribution in [2.24, 2.45) is 10.7 Å². The van der Waals surface area contributed by atoms with Crippen LogP contribution in [0.4, 0.5) is 14.5 Å². The number of nitrogens with zero attached hydrogens (tertiary/aromatic N) is 5. The van der Waals surface area contributed by atoms with Gasteiger partial charge >= 0.3 is 6.61 Å². The smallest absolute Gasteiger partial charge is 0.388 e. The molecule has 0 fully saturated rings. The van der Waals surface area contributed by atoms with Gasteiger partial charge in [-0.1, -0.05) is 18.2 Å². The van der Waals surface area contributed by atoms with E-state index in [9.17, 15) is 13.6 Å². The summed E-state index contributed by atoms with van der Waals surface area (Å²) in [7, 11) is 0. The lowest BCUT2D eigenvalue weighted by molar-refractivity contribution is -0.0544. The van der Waals surface area contributed by atoms with E-state index in [-0.39, 0.29) is 17.0 Å². The number of allylic oxidation sites excluding steroid dienone is 2. The lowest BCUT2D eigenvalue weighted by atomic mass is 10.1. The first kappa shape index (κ1) is 23.6. The highest BCUT2D eigenvalue weighted by atomic mass is 19.3. The molecule has 35 heavy (non-hydrogen) atoms. The zero-order chi connectivity index (χ0) is 24.9. The van der Waals surface area contributed by atoms with Crippen molar-refractivity contribution in [1.29, 1.82) is 0 Å². The van der Waals surface area contributed by atoms with Gasteiger partial charge in [-0.3, -0.25) is 4.79 Å². The van der Waals surface area contributed by atoms with Gasteiger partial charge in [0.2, 0.25) is 11.3 Å². The van der Waals surface area contributed by atoms with E-state index in [1.54, 1.807) is 42.1 Å². The average molecular weight is 476 g/mol. The Labute approximate surface area is 199 Å². The summed E-state index contributed by atoms with van der Waals surface area (Å²) in [6.45, 7) is 0.567. The van der Waals surface area contributed by atoms with Crippen molar-refractivity contribution in [2.45, 2.75) is 20.5 Å². The van der Waals surface area contributed by atoms with E-state index in [2.05, 4.69) is 19.9 Å². The first-order valence-electron chi connectivity index (χ1n) is 10.6. The molecule has 10 heteroatoms. The molecule has 0 aliphatic rings. The molecule has 2 aromatic carbocycles. The van der Waals surface area contributed by atoms with Gasteiger partial charge in [-0.25, -0.2) is 14.4 Å². The van der Waals surface area contributed by atoms with Crippen LogP contribution in [-0.4, -0.2) is 31.9 Å². The molecule has 0 bridgehead atoms. The Hall–Kier alpha value is -4.60. The van der Waals surface area contributed by atoms with Crippen LogP contribution in [0.5, 0.6) is 5.88 Å². The van der Waals surface area contributed by atoms with Gasteiger partial charge in [0, 0.05) is 24.0 Å². The summed E-state index contributed by atoms with van der Waals surface area (Å²) in [5.74, 6) is -0.0818. The van der Waals surface area contributed by atoms with Gasteiger partial charge < -0.3 is 10.5 Å². The number of rotatable bonds is 7. The number of halogens is 2. The van der Waals surface area contributed by atoms with E-state index in [0.29, 0.717) is 28.5 Å². The lowest BCUT2D eigenvalue weighted by Crippen LogP contribution is -2.21. The maximum absolute atomic E-state index is 12.7. The van der Waals surface area contributed by atoms with Gasteiger partial charge in [0.25, 0.3) is 0 Å². The van der Waals surface area contributed by atoms with Crippen molar-refractivity contribution in [3.05, 3.63) is 106 Å². The van der Waals surface area contributed by atoms with E-state index in [1.807, 2.05) is 37.3 Å². The van der Waals surface area contributed by atoms with E-state index >= 15 is 0 Å². The molecule has 2 aromatic heterocycles. The molecular formula is C25H22F2N6O2. The molecule has 178 valence electrons. The summed E-state index contributed by atoms with van der Waals surface area (Å²) in [5, 5.41) is 8.59. The van der Waals surface area contributed by atoms with E-state index in [4.69, 9.17) is 5.73 Å². The predicted octanol–water partition coefficient (Wildman–Crippen LogP) is 4.31. The van der Waals surface area contributed by atoms with Crippen LogP contribution in [0.25, 0.3) is 11.4 Å². The molecule has 0 aliphatic heterocycles. The van der Waals surface area contributed by atoms with Gasteiger partial charge in [0.15, 0.2) is 5.69 Å². The molecule has 4 aromatic rings. The maximum atomic E-state index is 12.7. The number of hydrogen-bond donors (Lipinski definition) is 1. The van der Waals surface area contributed by atoms with Crippen LogP contribution in [-0.2, 0) is 0 Å². The van der Waals surface area contributed by atoms with Crippen molar-refractivity contribution >= 4 is 11.4 Å². The molecule has 2 N–H and O–H groups in total. The van der Waals surface area contributed by atoms with E-state index < -0.39 is 6.61 Å². The fourth-order valence-corrected chi connectivity index (χ4v) is 3.42. The molecule has 0 radical (unpaired) electrons. The number of ether oxygens (including phenoxy) is 1. The lowest BCUT2D eigenvalue weighted by Gasteiger charge is -2.13. The number of benzene rings is 2. The summed E-state index contributed by atoms with van der Waals surface area (Å²) in [4.78, 5) is 17.3. The fraction of sp³-hybridized carbons (Fsp3) is 0.120. The first-order valence-corrected chi connectivity index (χ1v) is 10.6. The zero-order valence-corrected chi connectivity index (χ0v) is 19.0. The number of nitrogens with two attached hydrogens (primary N) is 1. The number of para-hydroxylation sites is 1. The molecule has 0 aliphatic carbocycles. The molecular weight excluding hydrogens is 454 g/mol. The van der Waals surface area contributed by atoms with Crippen LogP contribution < -0.4 is 15.9 Å². The molecule has 0 saturated heterocycles. The number of alkyl halides is 2. The van der Waals surface area contributed by atoms with Crippen molar-refractivity contribution in [3.8, 4) is 17.3 Å². The van der Waals surface area contributed by atoms with Crippen LogP contribution in [0.2, 0.25) is 0 Å². The van der Waals surface area contributed by atoms with Gasteiger partial charge in [-0.2, -0.15) is 19.0 Å². The number of hydrogen-bond acceptors (Lipinski definition) is 6. The molecule has 2 heterocycles. The second kappa shape index (κ2) is 10.1. The van der Waals surface area contributed by atoms with Gasteiger partial charge in [-0.15, -0.1) is 0 Å². The average Bonchev–Trinajstić information content (AvgIpc) is 3.27. The molecule has 0 amide bonds. The van der Waals surface area contributed by atoms with Crippen LogP contribution in [0.1, 0.15) is 18.2 Å². The van der Waals surface area contributed by atoms with Crippen molar-refractivity contribution < 1.29 is 13.5 Å². The summed E-state index contributed by atoms with van der Waals surface area (Å²) in [6, 6.07) is 17.1. The molecule has 0 unspecified atom stereocenters. The molecule has 4 rings (SSSR count). The Morgan fingerprint density at radius 2 is 1.91 bits per heavy atom. The minimum Gasteiger partial charge on any atom is -0.417 e. The van der Waals surface area contributed by atoms with Crippen molar-refractivity contribution in [2.75, 3.05) is 0 Å². The fourth-order valence-electron chi connectivity index (χ4n) is 3.42. The molecule has 0 saturated carbocycles. The highest BCUT2D eigenvalue weighted by molar-refractivity contribution is 6.08. The maximum Gasteiger partial charge on any atom is 0.388 e. The minimum absolute atomic E-state index is 0.0818. The third-order valence-electron chi connectivity index (χ3n) is 4.91. The summed E-state index contributed by atoms with van der Waals surface area (Å²) in [5.41, 5.74) is 9.12. The standard InChI is InChI=1S/C25H22F2N6O2/c1-16-14-19(33-23(10-12-29-33)35-25(26)27)8-9-21(16)32-13-11-22(34)24(31-32)20(15-17(2)28)30-18-6-4-3-5-7-18/h3-15,25H,28H2,1-2H3. The number of aryl methyl sites for hydroxylation is 1. The Morgan fingerprint density at radius 1 is 1.14 bits per heavy atom. The Kier molecular flexibility index (Phi) is 6.81. The van der Waals surface area contributed by atoms with E-state index in [0.717, 1.165) is 5.56 Å². The molecule has 8 nitrogen and oxygen atoms in total. The van der Waals surface area contributed by atoms with Crippen LogP contribution in [0.3, 0.4) is 0 Å². The van der Waals surface area contributed by atoms with Gasteiger partial charge in [-0.05, 0) is 55.8 Å². The largest absolute Gasteiger partial charge is 0.417 e. The summed E-state index contributed by atoms with van der Waals surface area (Å²) in [6.07, 6.45) is 4.52. The zero-order valence-electron chi connectivity index (χ0n) is 19.0. The highest BCUT2D eigenvalue weighted by Gasteiger charge is 2.14. The topological polar surface area (TPSA) is 100 Å². The Bertz CT molecular complexity index is 1450.